The lowest BCUT2D eigenvalue weighted by Crippen LogP contribution is -2.42. The Morgan fingerprint density at radius 2 is 1.90 bits per heavy atom. The maximum absolute atomic E-state index is 14.8. The van der Waals surface area contributed by atoms with Gasteiger partial charge in [0.1, 0.15) is 23.9 Å². The molecule has 1 aromatic heterocycles. The highest BCUT2D eigenvalue weighted by molar-refractivity contribution is 6.17. The number of aromatic nitrogens is 1. The maximum atomic E-state index is 14.8. The van der Waals surface area contributed by atoms with E-state index < -0.39 is 36.0 Å². The molecule has 4 unspecified atom stereocenters. The first-order valence-corrected chi connectivity index (χ1v) is 10.1. The summed E-state index contributed by atoms with van der Waals surface area (Å²) in [6.07, 6.45) is -0.889. The number of halogens is 2. The number of carbonyl (C=O) groups is 2. The Hall–Kier alpha value is -3.09. The zero-order valence-electron chi connectivity index (χ0n) is 16.3. The molecule has 1 amide bonds. The minimum Gasteiger partial charge on any atom is -0.483 e. The zero-order chi connectivity index (χ0) is 21.0. The van der Waals surface area contributed by atoms with Crippen LogP contribution in [0.2, 0.25) is 0 Å². The molecule has 1 fully saturated rings. The van der Waals surface area contributed by atoms with Crippen LogP contribution in [0.25, 0.3) is 0 Å². The Morgan fingerprint density at radius 3 is 2.67 bits per heavy atom. The van der Waals surface area contributed by atoms with E-state index in [-0.39, 0.29) is 29.1 Å². The van der Waals surface area contributed by atoms with Crippen molar-refractivity contribution in [1.29, 1.82) is 0 Å². The van der Waals surface area contributed by atoms with Crippen LogP contribution in [0.1, 0.15) is 36.6 Å². The number of fused-ring (bicyclic) bond motifs is 1. The third-order valence-corrected chi connectivity index (χ3v) is 6.10. The Kier molecular flexibility index (Phi) is 4.41. The van der Waals surface area contributed by atoms with E-state index in [0.29, 0.717) is 24.4 Å². The molecule has 5 rings (SSSR count). The number of benzene rings is 1. The van der Waals surface area contributed by atoms with Gasteiger partial charge in [0.2, 0.25) is 0 Å². The van der Waals surface area contributed by atoms with Gasteiger partial charge < -0.3 is 4.74 Å². The fourth-order valence-corrected chi connectivity index (χ4v) is 4.71. The Morgan fingerprint density at radius 1 is 1.10 bits per heavy atom. The van der Waals surface area contributed by atoms with Crippen molar-refractivity contribution in [1.82, 2.24) is 4.98 Å². The van der Waals surface area contributed by atoms with Crippen molar-refractivity contribution in [3.8, 4) is 0 Å². The molecule has 4 atom stereocenters. The number of alkyl halides is 1. The van der Waals surface area contributed by atoms with Crippen LogP contribution in [-0.4, -0.2) is 29.0 Å². The highest BCUT2D eigenvalue weighted by atomic mass is 19.1. The van der Waals surface area contributed by atoms with Crippen LogP contribution in [0.15, 0.2) is 53.8 Å². The van der Waals surface area contributed by atoms with Gasteiger partial charge in [0.15, 0.2) is 11.5 Å². The van der Waals surface area contributed by atoms with Gasteiger partial charge in [-0.05, 0) is 44.4 Å². The van der Waals surface area contributed by atoms with Crippen molar-refractivity contribution >= 4 is 17.5 Å². The molecule has 7 heteroatoms. The topological polar surface area (TPSA) is 59.5 Å². The number of hydrogen-bond donors (Lipinski definition) is 0. The smallest absolute Gasteiger partial charge is 0.295 e. The third kappa shape index (κ3) is 2.83. The quantitative estimate of drug-likeness (QED) is 0.752. The van der Waals surface area contributed by atoms with Crippen molar-refractivity contribution in [3.63, 3.8) is 0 Å². The monoisotopic (exact) mass is 410 g/mol. The average molecular weight is 410 g/mol. The summed E-state index contributed by atoms with van der Waals surface area (Å²) in [7, 11) is 0. The number of nitrogens with zero attached hydrogens (tertiary/aromatic N) is 2. The van der Waals surface area contributed by atoms with Crippen molar-refractivity contribution in [2.45, 2.75) is 44.5 Å². The molecule has 1 saturated carbocycles. The largest absolute Gasteiger partial charge is 0.483 e. The average Bonchev–Trinajstić information content (AvgIpc) is 3.01. The fraction of sp³-hybridized carbons (Fsp3) is 0.348. The Balaban J connectivity index is 1.68. The Labute approximate surface area is 172 Å². The van der Waals surface area contributed by atoms with E-state index in [4.69, 9.17) is 4.74 Å². The van der Waals surface area contributed by atoms with E-state index in [9.17, 15) is 18.4 Å². The van der Waals surface area contributed by atoms with Crippen molar-refractivity contribution in [3.05, 3.63) is 70.9 Å². The molecule has 2 aliphatic heterocycles. The molecule has 2 aromatic rings. The van der Waals surface area contributed by atoms with E-state index in [2.05, 4.69) is 4.98 Å². The molecule has 154 valence electrons. The van der Waals surface area contributed by atoms with Gasteiger partial charge in [0.05, 0.1) is 17.5 Å². The number of carbonyl (C=O) groups excluding carboxylic acids is 2. The van der Waals surface area contributed by atoms with Crippen molar-refractivity contribution in [2.24, 2.45) is 5.92 Å². The molecule has 3 heterocycles. The lowest BCUT2D eigenvalue weighted by atomic mass is 9.77. The second-order valence-corrected chi connectivity index (χ2v) is 8.02. The summed E-state index contributed by atoms with van der Waals surface area (Å²) in [6, 6.07) is 10.2. The first kappa shape index (κ1) is 18.9. The number of ketones is 1. The number of pyridine rings is 1. The van der Waals surface area contributed by atoms with Crippen molar-refractivity contribution < 1.29 is 23.1 Å². The third-order valence-electron chi connectivity index (χ3n) is 6.10. The number of amides is 1. The molecule has 30 heavy (non-hydrogen) atoms. The Bertz CT molecular complexity index is 1080. The number of Topliss-reactive ketones (excluding diaryl/α,β-unsaturated/α-hetero) is 1. The molecule has 5 nitrogen and oxygen atoms in total. The van der Waals surface area contributed by atoms with Gasteiger partial charge in [0, 0.05) is 11.3 Å². The minimum absolute atomic E-state index is 0.0567. The summed E-state index contributed by atoms with van der Waals surface area (Å²) >= 11 is 0. The van der Waals surface area contributed by atoms with E-state index in [0.717, 1.165) is 0 Å². The van der Waals surface area contributed by atoms with E-state index in [1.165, 1.54) is 11.0 Å². The molecule has 0 radical (unpaired) electrons. The van der Waals surface area contributed by atoms with E-state index in [1.807, 2.05) is 0 Å². The van der Waals surface area contributed by atoms with Crippen LogP contribution in [0.4, 0.5) is 14.6 Å². The highest BCUT2D eigenvalue weighted by Gasteiger charge is 2.54. The molecule has 1 aliphatic carbocycles. The van der Waals surface area contributed by atoms with Gasteiger partial charge in [-0.25, -0.2) is 13.8 Å². The summed E-state index contributed by atoms with van der Waals surface area (Å²) < 4.78 is 34.8. The molecule has 0 N–H and O–H groups in total. The summed E-state index contributed by atoms with van der Waals surface area (Å²) in [5.74, 6) is -1.81. The number of anilines is 1. The first-order chi connectivity index (χ1) is 14.5. The molecular weight excluding hydrogens is 390 g/mol. The van der Waals surface area contributed by atoms with Gasteiger partial charge in [-0.3, -0.25) is 14.5 Å². The molecular formula is C23H20F2N2O3. The lowest BCUT2D eigenvalue weighted by molar-refractivity contribution is -0.133. The predicted octanol–water partition coefficient (Wildman–Crippen LogP) is 3.98. The van der Waals surface area contributed by atoms with Crippen LogP contribution < -0.4 is 4.90 Å². The van der Waals surface area contributed by atoms with E-state index in [1.54, 1.807) is 43.3 Å². The normalized spacial score (nSPS) is 28.3. The molecule has 0 spiro atoms. The molecule has 1 aromatic carbocycles. The molecule has 0 saturated heterocycles. The number of ether oxygens (including phenoxy) is 1. The van der Waals surface area contributed by atoms with Crippen LogP contribution in [0, 0.1) is 18.7 Å². The first-order valence-electron chi connectivity index (χ1n) is 10.1. The second kappa shape index (κ2) is 7.00. The fourth-order valence-electron chi connectivity index (χ4n) is 4.71. The zero-order valence-corrected chi connectivity index (χ0v) is 16.3. The van der Waals surface area contributed by atoms with Crippen molar-refractivity contribution in [2.75, 3.05) is 4.90 Å². The number of aryl methyl sites for hydroxylation is 1. The maximum Gasteiger partial charge on any atom is 0.295 e. The van der Waals surface area contributed by atoms with Gasteiger partial charge in [0.25, 0.3) is 5.91 Å². The SMILES string of the molecule is Cc1cccc(N2C(=O)C3=C(C(=O)C4CC(F)CCC4O3)C2c2ccccc2F)n1. The van der Waals surface area contributed by atoms with Gasteiger partial charge in [-0.2, -0.15) is 0 Å². The molecule has 0 bridgehead atoms. The number of rotatable bonds is 2. The van der Waals surface area contributed by atoms with E-state index >= 15 is 0 Å². The summed E-state index contributed by atoms with van der Waals surface area (Å²) in [5.41, 5.74) is 0.963. The summed E-state index contributed by atoms with van der Waals surface area (Å²) in [6.45, 7) is 1.78. The van der Waals surface area contributed by atoms with Gasteiger partial charge >= 0.3 is 0 Å². The van der Waals surface area contributed by atoms with Crippen LogP contribution in [-0.2, 0) is 14.3 Å². The summed E-state index contributed by atoms with van der Waals surface area (Å²) in [4.78, 5) is 32.6. The van der Waals surface area contributed by atoms with Gasteiger partial charge in [-0.15, -0.1) is 0 Å². The lowest BCUT2D eigenvalue weighted by Gasteiger charge is -2.36. The van der Waals surface area contributed by atoms with Crippen LogP contribution >= 0.6 is 0 Å². The van der Waals surface area contributed by atoms with Crippen LogP contribution in [0.5, 0.6) is 0 Å². The summed E-state index contributed by atoms with van der Waals surface area (Å²) in [5, 5.41) is 0. The predicted molar refractivity (Wildman–Crippen MR) is 105 cm³/mol. The second-order valence-electron chi connectivity index (χ2n) is 8.02. The number of hydrogen-bond acceptors (Lipinski definition) is 4. The van der Waals surface area contributed by atoms with Crippen LogP contribution in [0.3, 0.4) is 0 Å². The highest BCUT2D eigenvalue weighted by Crippen LogP contribution is 2.48. The van der Waals surface area contributed by atoms with Gasteiger partial charge in [-0.1, -0.05) is 24.3 Å². The standard InChI is InChI=1S/C23H20F2N2O3/c1-12-5-4-8-18(26-12)27-20(14-6-2-3-7-16(14)25)19-21(28)15-11-13(24)9-10-17(15)30-22(19)23(27)29/h2-8,13,15,17,20H,9-11H2,1H3. The molecule has 3 aliphatic rings. The minimum atomic E-state index is -1.08.